The quantitative estimate of drug-likeness (QED) is 0.940. The molecule has 0 aromatic carbocycles. The summed E-state index contributed by atoms with van der Waals surface area (Å²) < 4.78 is 38.8. The summed E-state index contributed by atoms with van der Waals surface area (Å²) in [5.74, 6) is 0.204. The van der Waals surface area contributed by atoms with Crippen LogP contribution in [0.25, 0.3) is 0 Å². The predicted molar refractivity (Wildman–Crippen MR) is 62.8 cm³/mol. The van der Waals surface area contributed by atoms with Crippen molar-refractivity contribution in [3.63, 3.8) is 0 Å². The molecule has 19 heavy (non-hydrogen) atoms. The summed E-state index contributed by atoms with van der Waals surface area (Å²) in [4.78, 5) is 3.66. The van der Waals surface area contributed by atoms with Crippen LogP contribution in [0.2, 0.25) is 5.02 Å². The zero-order valence-corrected chi connectivity index (χ0v) is 10.3. The van der Waals surface area contributed by atoms with Crippen LogP contribution in [0, 0.1) is 0 Å². The normalized spacial score (nSPS) is 11.6. The zero-order chi connectivity index (χ0) is 13.9. The van der Waals surface area contributed by atoms with Crippen LogP contribution in [-0.4, -0.2) is 26.5 Å². The highest BCUT2D eigenvalue weighted by molar-refractivity contribution is 6.32. The largest absolute Gasteiger partial charge is 0.417 e. The molecule has 1 N–H and O–H groups in total. The summed E-state index contributed by atoms with van der Waals surface area (Å²) in [5, 5.41) is 10.1. The van der Waals surface area contributed by atoms with Gasteiger partial charge in [-0.3, -0.25) is 4.68 Å². The minimum atomic E-state index is -4.45. The first kappa shape index (κ1) is 13.6. The van der Waals surface area contributed by atoms with Crippen molar-refractivity contribution in [3.8, 4) is 0 Å². The van der Waals surface area contributed by atoms with Crippen LogP contribution in [0.4, 0.5) is 19.0 Å². The minimum absolute atomic E-state index is 0.0755. The predicted octanol–water partition coefficient (Wildman–Crippen LogP) is 2.46. The fourth-order valence-electron chi connectivity index (χ4n) is 1.36. The van der Waals surface area contributed by atoms with E-state index in [4.69, 9.17) is 11.6 Å². The monoisotopic (exact) mass is 291 g/mol. The summed E-state index contributed by atoms with van der Waals surface area (Å²) in [7, 11) is 0. The van der Waals surface area contributed by atoms with Crippen LogP contribution in [-0.2, 0) is 12.7 Å². The van der Waals surface area contributed by atoms with Gasteiger partial charge in [-0.05, 0) is 6.07 Å². The molecule has 5 nitrogen and oxygen atoms in total. The van der Waals surface area contributed by atoms with Gasteiger partial charge in [0.2, 0.25) is 0 Å². The van der Waals surface area contributed by atoms with Gasteiger partial charge in [0.1, 0.15) is 5.82 Å². The standard InChI is InChI=1S/C10H9ClF3N5/c11-8-5-7(10(12,13)14)6-16-9(8)15-1-3-19-4-2-17-18-19/h2,4-6H,1,3H2,(H,15,16). The molecule has 0 aliphatic rings. The number of nitrogens with one attached hydrogen (secondary N) is 1. The van der Waals surface area contributed by atoms with E-state index in [0.29, 0.717) is 13.1 Å². The highest BCUT2D eigenvalue weighted by atomic mass is 35.5. The number of alkyl halides is 3. The van der Waals surface area contributed by atoms with Gasteiger partial charge in [0.05, 0.1) is 23.3 Å². The second-order valence-corrected chi connectivity index (χ2v) is 4.05. The number of pyridine rings is 1. The fraction of sp³-hybridized carbons (Fsp3) is 0.300. The molecule has 0 fully saturated rings. The fourth-order valence-corrected chi connectivity index (χ4v) is 1.60. The Bertz CT molecular complexity index is 541. The van der Waals surface area contributed by atoms with Gasteiger partial charge in [0.15, 0.2) is 0 Å². The van der Waals surface area contributed by atoms with Gasteiger partial charge in [0.25, 0.3) is 0 Å². The minimum Gasteiger partial charge on any atom is -0.367 e. The Morgan fingerprint density at radius 1 is 1.37 bits per heavy atom. The lowest BCUT2D eigenvalue weighted by molar-refractivity contribution is -0.137. The number of halogens is 4. The molecule has 0 atom stereocenters. The van der Waals surface area contributed by atoms with Gasteiger partial charge >= 0.3 is 6.18 Å². The number of anilines is 1. The Morgan fingerprint density at radius 3 is 2.74 bits per heavy atom. The first-order chi connectivity index (χ1) is 8.97. The smallest absolute Gasteiger partial charge is 0.367 e. The van der Waals surface area contributed by atoms with Gasteiger partial charge < -0.3 is 5.32 Å². The van der Waals surface area contributed by atoms with Crippen molar-refractivity contribution in [2.75, 3.05) is 11.9 Å². The molecule has 102 valence electrons. The molecule has 0 bridgehead atoms. The van der Waals surface area contributed by atoms with Gasteiger partial charge in [-0.2, -0.15) is 13.2 Å². The maximum atomic E-state index is 12.4. The summed E-state index contributed by atoms with van der Waals surface area (Å²) in [6.45, 7) is 0.917. The van der Waals surface area contributed by atoms with Crippen LogP contribution in [0.1, 0.15) is 5.56 Å². The van der Waals surface area contributed by atoms with E-state index in [-0.39, 0.29) is 10.8 Å². The third-order valence-electron chi connectivity index (χ3n) is 2.27. The van der Waals surface area contributed by atoms with E-state index in [2.05, 4.69) is 20.6 Å². The molecule has 0 saturated heterocycles. The maximum absolute atomic E-state index is 12.4. The summed E-state index contributed by atoms with van der Waals surface area (Å²) >= 11 is 5.74. The lowest BCUT2D eigenvalue weighted by atomic mass is 10.3. The van der Waals surface area contributed by atoms with Crippen LogP contribution >= 0.6 is 11.6 Å². The van der Waals surface area contributed by atoms with E-state index in [1.165, 1.54) is 6.20 Å². The van der Waals surface area contributed by atoms with Crippen LogP contribution in [0.3, 0.4) is 0 Å². The molecule has 2 aromatic heterocycles. The molecule has 0 amide bonds. The highest BCUT2D eigenvalue weighted by Crippen LogP contribution is 2.32. The Labute approximate surface area is 111 Å². The van der Waals surface area contributed by atoms with Crippen LogP contribution in [0.15, 0.2) is 24.7 Å². The molecule has 2 aromatic rings. The molecular formula is C10H9ClF3N5. The van der Waals surface area contributed by atoms with E-state index in [9.17, 15) is 13.2 Å². The van der Waals surface area contributed by atoms with Crippen molar-refractivity contribution in [3.05, 3.63) is 35.2 Å². The van der Waals surface area contributed by atoms with Crippen molar-refractivity contribution in [2.24, 2.45) is 0 Å². The van der Waals surface area contributed by atoms with Crippen molar-refractivity contribution in [1.29, 1.82) is 0 Å². The first-order valence-electron chi connectivity index (χ1n) is 5.27. The first-order valence-corrected chi connectivity index (χ1v) is 5.65. The number of rotatable bonds is 4. The Hall–Kier alpha value is -1.83. The van der Waals surface area contributed by atoms with E-state index in [0.717, 1.165) is 12.3 Å². The topological polar surface area (TPSA) is 55.6 Å². The molecular weight excluding hydrogens is 283 g/mol. The number of hydrogen-bond donors (Lipinski definition) is 1. The second kappa shape index (κ2) is 5.43. The number of aromatic nitrogens is 4. The Balaban J connectivity index is 1.97. The molecule has 0 saturated carbocycles. The third-order valence-corrected chi connectivity index (χ3v) is 2.56. The maximum Gasteiger partial charge on any atom is 0.417 e. The molecule has 0 aliphatic heterocycles. The van der Waals surface area contributed by atoms with Crippen LogP contribution < -0.4 is 5.32 Å². The van der Waals surface area contributed by atoms with Gasteiger partial charge in [-0.1, -0.05) is 16.8 Å². The Kier molecular flexibility index (Phi) is 3.89. The number of nitrogens with zero attached hydrogens (tertiary/aromatic N) is 4. The molecule has 0 aliphatic carbocycles. The zero-order valence-electron chi connectivity index (χ0n) is 9.52. The molecule has 0 spiro atoms. The van der Waals surface area contributed by atoms with E-state index < -0.39 is 11.7 Å². The van der Waals surface area contributed by atoms with E-state index in [1.807, 2.05) is 0 Å². The van der Waals surface area contributed by atoms with Crippen molar-refractivity contribution in [1.82, 2.24) is 20.0 Å². The molecule has 0 unspecified atom stereocenters. The van der Waals surface area contributed by atoms with E-state index >= 15 is 0 Å². The SMILES string of the molecule is FC(F)(F)c1cnc(NCCn2ccnn2)c(Cl)c1. The third kappa shape index (κ3) is 3.57. The van der Waals surface area contributed by atoms with E-state index in [1.54, 1.807) is 10.9 Å². The lowest BCUT2D eigenvalue weighted by Gasteiger charge is -2.10. The van der Waals surface area contributed by atoms with Gasteiger partial charge in [0, 0.05) is 18.9 Å². The van der Waals surface area contributed by atoms with Gasteiger partial charge in [-0.25, -0.2) is 4.98 Å². The number of hydrogen-bond acceptors (Lipinski definition) is 4. The summed E-state index contributed by atoms with van der Waals surface area (Å²) in [6.07, 6.45) is -0.508. The Morgan fingerprint density at radius 2 is 2.16 bits per heavy atom. The van der Waals surface area contributed by atoms with Crippen molar-refractivity contribution >= 4 is 17.4 Å². The molecule has 0 radical (unpaired) electrons. The average Bonchev–Trinajstić information content (AvgIpc) is 2.83. The second-order valence-electron chi connectivity index (χ2n) is 3.65. The molecule has 2 rings (SSSR count). The summed E-state index contributed by atoms with van der Waals surface area (Å²) in [6, 6.07) is 0.840. The van der Waals surface area contributed by atoms with Crippen molar-refractivity contribution < 1.29 is 13.2 Å². The van der Waals surface area contributed by atoms with Crippen molar-refractivity contribution in [2.45, 2.75) is 12.7 Å². The molecule has 2 heterocycles. The highest BCUT2D eigenvalue weighted by Gasteiger charge is 2.31. The lowest BCUT2D eigenvalue weighted by Crippen LogP contribution is -2.13. The van der Waals surface area contributed by atoms with Gasteiger partial charge in [-0.15, -0.1) is 5.10 Å². The van der Waals surface area contributed by atoms with Crippen LogP contribution in [0.5, 0.6) is 0 Å². The summed E-state index contributed by atoms with van der Waals surface area (Å²) in [5.41, 5.74) is -0.876. The molecule has 9 heteroatoms. The average molecular weight is 292 g/mol.